The van der Waals surface area contributed by atoms with Crippen LogP contribution in [0.3, 0.4) is 0 Å². The molecular weight excluding hydrogens is 188 g/mol. The Morgan fingerprint density at radius 2 is 2.20 bits per heavy atom. The molecule has 0 unspecified atom stereocenters. The third kappa shape index (κ3) is 2.15. The lowest BCUT2D eigenvalue weighted by Crippen LogP contribution is -1.90. The lowest BCUT2D eigenvalue weighted by atomic mass is 10.0. The van der Waals surface area contributed by atoms with E-state index in [0.717, 1.165) is 18.3 Å². The fourth-order valence-corrected chi connectivity index (χ4v) is 1.64. The van der Waals surface area contributed by atoms with Gasteiger partial charge in [-0.05, 0) is 18.6 Å². The topological polar surface area (TPSA) is 30.2 Å². The summed E-state index contributed by atoms with van der Waals surface area (Å²) in [6, 6.07) is 10.1. The van der Waals surface area contributed by atoms with Crippen LogP contribution >= 0.6 is 0 Å². The van der Waals surface area contributed by atoms with Gasteiger partial charge in [-0.15, -0.1) is 0 Å². The summed E-state index contributed by atoms with van der Waals surface area (Å²) in [7, 11) is 0. The Kier molecular flexibility index (Phi) is 2.68. The third-order valence-corrected chi connectivity index (χ3v) is 2.36. The van der Waals surface area contributed by atoms with Crippen LogP contribution in [0.15, 0.2) is 41.0 Å². The number of carbonyl (C=O) groups excluding carboxylic acids is 1. The highest BCUT2D eigenvalue weighted by Crippen LogP contribution is 2.14. The van der Waals surface area contributed by atoms with Crippen LogP contribution in [0, 0.1) is 6.92 Å². The van der Waals surface area contributed by atoms with E-state index in [1.54, 1.807) is 6.26 Å². The minimum atomic E-state index is 0.427. The van der Waals surface area contributed by atoms with Crippen LogP contribution in [-0.2, 0) is 6.42 Å². The first-order chi connectivity index (χ1) is 7.29. The molecule has 0 bridgehead atoms. The number of hydrogen-bond acceptors (Lipinski definition) is 2. The molecule has 0 atom stereocenters. The number of hydrogen-bond donors (Lipinski definition) is 0. The fraction of sp³-hybridized carbons (Fsp3) is 0.154. The molecule has 1 aromatic heterocycles. The first kappa shape index (κ1) is 9.71. The van der Waals surface area contributed by atoms with Crippen molar-refractivity contribution < 1.29 is 9.21 Å². The van der Waals surface area contributed by atoms with E-state index in [1.165, 1.54) is 11.1 Å². The average molecular weight is 200 g/mol. The van der Waals surface area contributed by atoms with Crippen molar-refractivity contribution in [1.29, 1.82) is 0 Å². The van der Waals surface area contributed by atoms with Gasteiger partial charge in [-0.2, -0.15) is 0 Å². The largest absolute Gasteiger partial charge is 0.461 e. The smallest absolute Gasteiger partial charge is 0.185 e. The normalized spacial score (nSPS) is 10.2. The minimum Gasteiger partial charge on any atom is -0.461 e. The second-order valence-electron chi connectivity index (χ2n) is 3.59. The molecule has 0 N–H and O–H groups in total. The summed E-state index contributed by atoms with van der Waals surface area (Å²) in [4.78, 5) is 10.7. The van der Waals surface area contributed by atoms with Gasteiger partial charge in [0.05, 0.1) is 6.26 Å². The van der Waals surface area contributed by atoms with Gasteiger partial charge in [-0.1, -0.05) is 29.8 Å². The molecule has 0 fully saturated rings. The molecule has 0 aliphatic heterocycles. The van der Waals surface area contributed by atoms with Gasteiger partial charge in [0.2, 0.25) is 0 Å². The van der Waals surface area contributed by atoms with Crippen molar-refractivity contribution in [2.75, 3.05) is 0 Å². The van der Waals surface area contributed by atoms with E-state index in [2.05, 4.69) is 25.1 Å². The van der Waals surface area contributed by atoms with Gasteiger partial charge in [-0.3, -0.25) is 4.79 Å². The summed E-state index contributed by atoms with van der Waals surface area (Å²) in [5.41, 5.74) is 3.36. The van der Waals surface area contributed by atoms with E-state index in [-0.39, 0.29) is 0 Å². The van der Waals surface area contributed by atoms with Crippen molar-refractivity contribution in [2.24, 2.45) is 0 Å². The van der Waals surface area contributed by atoms with Gasteiger partial charge in [-0.25, -0.2) is 0 Å². The maximum atomic E-state index is 10.7. The van der Waals surface area contributed by atoms with Crippen molar-refractivity contribution in [3.8, 4) is 0 Å². The van der Waals surface area contributed by atoms with Gasteiger partial charge in [0.1, 0.15) is 0 Å². The van der Waals surface area contributed by atoms with Gasteiger partial charge in [0, 0.05) is 12.0 Å². The molecule has 0 aliphatic rings. The first-order valence-electron chi connectivity index (χ1n) is 4.86. The van der Waals surface area contributed by atoms with Crippen molar-refractivity contribution in [2.45, 2.75) is 13.3 Å². The number of benzene rings is 1. The molecule has 2 heteroatoms. The SMILES string of the molecule is Cc1cccc(Cc2ccoc2C=O)c1. The predicted octanol–water partition coefficient (Wildman–Crippen LogP) is 2.99. The third-order valence-electron chi connectivity index (χ3n) is 2.36. The molecule has 0 spiro atoms. The summed E-state index contributed by atoms with van der Waals surface area (Å²) in [6.45, 7) is 2.06. The van der Waals surface area contributed by atoms with Crippen LogP contribution in [0.4, 0.5) is 0 Å². The van der Waals surface area contributed by atoms with Gasteiger partial charge < -0.3 is 4.42 Å². The van der Waals surface area contributed by atoms with Crippen molar-refractivity contribution in [3.63, 3.8) is 0 Å². The lowest BCUT2D eigenvalue weighted by molar-refractivity contribution is 0.109. The Labute approximate surface area is 88.5 Å². The molecule has 15 heavy (non-hydrogen) atoms. The summed E-state index contributed by atoms with van der Waals surface area (Å²) < 4.78 is 5.05. The lowest BCUT2D eigenvalue weighted by Gasteiger charge is -2.00. The number of aldehydes is 1. The number of rotatable bonds is 3. The molecule has 0 radical (unpaired) electrons. The molecule has 2 nitrogen and oxygen atoms in total. The molecule has 2 aromatic rings. The molecular formula is C13H12O2. The Morgan fingerprint density at radius 1 is 1.33 bits per heavy atom. The Bertz CT molecular complexity index is 469. The standard InChI is InChI=1S/C13H12O2/c1-10-3-2-4-11(7-10)8-12-5-6-15-13(12)9-14/h2-7,9H,8H2,1H3. The van der Waals surface area contributed by atoms with E-state index in [1.807, 2.05) is 12.1 Å². The second-order valence-corrected chi connectivity index (χ2v) is 3.59. The van der Waals surface area contributed by atoms with E-state index in [0.29, 0.717) is 5.76 Å². The zero-order chi connectivity index (χ0) is 10.7. The van der Waals surface area contributed by atoms with Crippen LogP contribution in [0.2, 0.25) is 0 Å². The predicted molar refractivity (Wildman–Crippen MR) is 58.1 cm³/mol. The van der Waals surface area contributed by atoms with E-state index >= 15 is 0 Å². The molecule has 0 amide bonds. The highest BCUT2D eigenvalue weighted by Gasteiger charge is 2.05. The fourth-order valence-electron chi connectivity index (χ4n) is 1.64. The van der Waals surface area contributed by atoms with Crippen LogP contribution in [0.25, 0.3) is 0 Å². The monoisotopic (exact) mass is 200 g/mol. The molecule has 2 rings (SSSR count). The summed E-state index contributed by atoms with van der Waals surface area (Å²) in [6.07, 6.45) is 3.05. The minimum absolute atomic E-state index is 0.427. The second kappa shape index (κ2) is 4.13. The van der Waals surface area contributed by atoms with E-state index in [9.17, 15) is 4.79 Å². The molecule has 1 aromatic carbocycles. The van der Waals surface area contributed by atoms with Crippen LogP contribution in [-0.4, -0.2) is 6.29 Å². The molecule has 0 saturated heterocycles. The highest BCUT2D eigenvalue weighted by molar-refractivity contribution is 5.73. The molecule has 0 saturated carbocycles. The summed E-state index contributed by atoms with van der Waals surface area (Å²) in [5.74, 6) is 0.427. The zero-order valence-corrected chi connectivity index (χ0v) is 8.57. The average Bonchev–Trinajstić information content (AvgIpc) is 2.65. The van der Waals surface area contributed by atoms with Crippen LogP contribution < -0.4 is 0 Å². The van der Waals surface area contributed by atoms with Crippen LogP contribution in [0.5, 0.6) is 0 Å². The molecule has 76 valence electrons. The van der Waals surface area contributed by atoms with E-state index < -0.39 is 0 Å². The van der Waals surface area contributed by atoms with Gasteiger partial charge in [0.15, 0.2) is 12.0 Å². The Morgan fingerprint density at radius 3 is 2.93 bits per heavy atom. The number of aryl methyl sites for hydroxylation is 1. The molecule has 1 heterocycles. The summed E-state index contributed by atoms with van der Waals surface area (Å²) >= 11 is 0. The Hall–Kier alpha value is -1.83. The number of carbonyl (C=O) groups is 1. The Balaban J connectivity index is 2.25. The zero-order valence-electron chi connectivity index (χ0n) is 8.57. The molecule has 0 aliphatic carbocycles. The first-order valence-corrected chi connectivity index (χ1v) is 4.86. The van der Waals surface area contributed by atoms with Gasteiger partial charge in [0.25, 0.3) is 0 Å². The van der Waals surface area contributed by atoms with Crippen molar-refractivity contribution in [3.05, 3.63) is 59.0 Å². The highest BCUT2D eigenvalue weighted by atomic mass is 16.3. The summed E-state index contributed by atoms with van der Waals surface area (Å²) in [5, 5.41) is 0. The van der Waals surface area contributed by atoms with Crippen LogP contribution in [0.1, 0.15) is 27.2 Å². The van der Waals surface area contributed by atoms with Crippen molar-refractivity contribution in [1.82, 2.24) is 0 Å². The van der Waals surface area contributed by atoms with Crippen molar-refractivity contribution >= 4 is 6.29 Å². The van der Waals surface area contributed by atoms with Gasteiger partial charge >= 0.3 is 0 Å². The number of furan rings is 1. The maximum Gasteiger partial charge on any atom is 0.185 e. The van der Waals surface area contributed by atoms with E-state index in [4.69, 9.17) is 4.42 Å². The quantitative estimate of drug-likeness (QED) is 0.713. The maximum absolute atomic E-state index is 10.7.